The number of nitrogens with one attached hydrogen (secondary N) is 3. The number of sulfonamides is 1. The number of carbonyl (C=O) groups excluding carboxylic acids is 1. The standard InChI is InChI=1S/C24H30Cl2N4O4S/c1-35(32,33)30-18-3-2-16(10-18)24(31)29-23-12-20(22(26)14-28-23)19-11-17(4-5-21(19)25)27-13-15-6-8-34-9-7-15/h4-5,11-12,14-16,18,27,30H,2-3,6-10,13H2,1H3,(H,28,29,31)/t16-,18+/m0/s1. The van der Waals surface area contributed by atoms with E-state index in [1.54, 1.807) is 6.07 Å². The van der Waals surface area contributed by atoms with Crippen LogP contribution in [0, 0.1) is 11.8 Å². The molecular weight excluding hydrogens is 511 g/mol. The lowest BCUT2D eigenvalue weighted by Gasteiger charge is -2.23. The number of aromatic nitrogens is 1. The Morgan fingerprint density at radius 1 is 1.09 bits per heavy atom. The van der Waals surface area contributed by atoms with Crippen LogP contribution in [0.25, 0.3) is 11.1 Å². The molecule has 2 heterocycles. The first kappa shape index (κ1) is 26.2. The number of amides is 1. The molecule has 1 aromatic heterocycles. The molecule has 0 radical (unpaired) electrons. The minimum atomic E-state index is -3.31. The molecule has 2 fully saturated rings. The Balaban J connectivity index is 1.45. The average Bonchev–Trinajstić information content (AvgIpc) is 3.27. The number of rotatable bonds is 8. The van der Waals surface area contributed by atoms with Gasteiger partial charge in [-0.15, -0.1) is 0 Å². The van der Waals surface area contributed by atoms with Crippen molar-refractivity contribution in [3.8, 4) is 11.1 Å². The summed E-state index contributed by atoms with van der Waals surface area (Å²) in [6.45, 7) is 2.45. The fourth-order valence-electron chi connectivity index (χ4n) is 4.63. The van der Waals surface area contributed by atoms with Crippen molar-refractivity contribution in [2.45, 2.75) is 38.1 Å². The van der Waals surface area contributed by atoms with E-state index in [0.717, 1.165) is 50.1 Å². The van der Waals surface area contributed by atoms with Gasteiger partial charge in [-0.1, -0.05) is 23.2 Å². The first-order valence-corrected chi connectivity index (χ1v) is 14.4. The number of pyridine rings is 1. The summed E-state index contributed by atoms with van der Waals surface area (Å²) in [5, 5.41) is 7.29. The molecule has 0 spiro atoms. The molecule has 11 heteroatoms. The quantitative estimate of drug-likeness (QED) is 0.453. The summed E-state index contributed by atoms with van der Waals surface area (Å²) in [6, 6.07) is 7.19. The van der Waals surface area contributed by atoms with E-state index in [0.29, 0.717) is 46.6 Å². The highest BCUT2D eigenvalue weighted by molar-refractivity contribution is 7.88. The van der Waals surface area contributed by atoms with Crippen LogP contribution in [-0.4, -0.2) is 51.4 Å². The zero-order valence-corrected chi connectivity index (χ0v) is 21.8. The smallest absolute Gasteiger partial charge is 0.228 e. The van der Waals surface area contributed by atoms with Gasteiger partial charge in [0.15, 0.2) is 0 Å². The van der Waals surface area contributed by atoms with Crippen LogP contribution in [0.5, 0.6) is 0 Å². The molecule has 1 amide bonds. The first-order valence-electron chi connectivity index (χ1n) is 11.7. The van der Waals surface area contributed by atoms with Crippen molar-refractivity contribution >= 4 is 50.6 Å². The summed E-state index contributed by atoms with van der Waals surface area (Å²) >= 11 is 13.0. The third-order valence-electron chi connectivity index (χ3n) is 6.48. The van der Waals surface area contributed by atoms with Gasteiger partial charge in [0.05, 0.1) is 11.3 Å². The van der Waals surface area contributed by atoms with Gasteiger partial charge >= 0.3 is 0 Å². The van der Waals surface area contributed by atoms with Crippen LogP contribution in [-0.2, 0) is 19.6 Å². The van der Waals surface area contributed by atoms with Gasteiger partial charge in [-0.3, -0.25) is 4.79 Å². The molecular formula is C24H30Cl2N4O4S. The summed E-state index contributed by atoms with van der Waals surface area (Å²) < 4.78 is 31.0. The number of benzene rings is 1. The van der Waals surface area contributed by atoms with Gasteiger partial charge in [0.1, 0.15) is 5.82 Å². The molecule has 2 aliphatic rings. The van der Waals surface area contributed by atoms with E-state index in [9.17, 15) is 13.2 Å². The van der Waals surface area contributed by atoms with Crippen LogP contribution in [0.2, 0.25) is 10.0 Å². The van der Waals surface area contributed by atoms with Gasteiger partial charge in [-0.2, -0.15) is 0 Å². The zero-order valence-electron chi connectivity index (χ0n) is 19.5. The van der Waals surface area contributed by atoms with E-state index in [4.69, 9.17) is 27.9 Å². The van der Waals surface area contributed by atoms with Crippen LogP contribution in [0.15, 0.2) is 30.5 Å². The molecule has 4 rings (SSSR count). The van der Waals surface area contributed by atoms with Crippen molar-refractivity contribution in [1.82, 2.24) is 9.71 Å². The van der Waals surface area contributed by atoms with E-state index in [1.165, 1.54) is 6.20 Å². The highest BCUT2D eigenvalue weighted by atomic mass is 35.5. The summed E-state index contributed by atoms with van der Waals surface area (Å²) in [7, 11) is -3.31. The lowest BCUT2D eigenvalue weighted by molar-refractivity contribution is -0.119. The Morgan fingerprint density at radius 2 is 1.83 bits per heavy atom. The molecule has 1 aliphatic heterocycles. The fraction of sp³-hybridized carbons (Fsp3) is 0.500. The molecule has 1 aliphatic carbocycles. The highest BCUT2D eigenvalue weighted by Gasteiger charge is 2.31. The third kappa shape index (κ3) is 7.30. The second kappa shape index (κ2) is 11.4. The van der Waals surface area contributed by atoms with Crippen LogP contribution < -0.4 is 15.4 Å². The summed E-state index contributed by atoms with van der Waals surface area (Å²) in [6.07, 6.45) is 6.37. The number of halogens is 2. The number of hydrogen-bond acceptors (Lipinski definition) is 6. The third-order valence-corrected chi connectivity index (χ3v) is 7.88. The van der Waals surface area contributed by atoms with Crippen molar-refractivity contribution in [3.63, 3.8) is 0 Å². The lowest BCUT2D eigenvalue weighted by atomic mass is 10.00. The Bertz CT molecular complexity index is 1170. The summed E-state index contributed by atoms with van der Waals surface area (Å²) in [5.41, 5.74) is 2.34. The minimum absolute atomic E-state index is 0.193. The maximum Gasteiger partial charge on any atom is 0.228 e. The Labute approximate surface area is 216 Å². The second-order valence-corrected chi connectivity index (χ2v) is 11.9. The second-order valence-electron chi connectivity index (χ2n) is 9.27. The predicted molar refractivity (Wildman–Crippen MR) is 139 cm³/mol. The summed E-state index contributed by atoms with van der Waals surface area (Å²) in [5.74, 6) is 0.445. The largest absolute Gasteiger partial charge is 0.385 e. The van der Waals surface area contributed by atoms with Gasteiger partial charge in [-0.25, -0.2) is 18.1 Å². The maximum absolute atomic E-state index is 12.8. The molecule has 1 saturated carbocycles. The van der Waals surface area contributed by atoms with E-state index in [-0.39, 0.29) is 17.9 Å². The molecule has 2 atom stereocenters. The molecule has 0 bridgehead atoms. The van der Waals surface area contributed by atoms with Gasteiger partial charge in [0.2, 0.25) is 15.9 Å². The molecule has 3 N–H and O–H groups in total. The predicted octanol–water partition coefficient (Wildman–Crippen LogP) is 4.55. The normalized spacial score (nSPS) is 21.1. The van der Waals surface area contributed by atoms with Gasteiger partial charge in [-0.05, 0) is 62.3 Å². The van der Waals surface area contributed by atoms with Crippen molar-refractivity contribution in [2.75, 3.05) is 36.6 Å². The molecule has 190 valence electrons. The molecule has 8 nitrogen and oxygen atoms in total. The minimum Gasteiger partial charge on any atom is -0.385 e. The van der Waals surface area contributed by atoms with Crippen molar-refractivity contribution in [3.05, 3.63) is 40.5 Å². The average molecular weight is 542 g/mol. The number of anilines is 2. The Kier molecular flexibility index (Phi) is 8.54. The molecule has 2 aromatic rings. The van der Waals surface area contributed by atoms with Crippen LogP contribution in [0.1, 0.15) is 32.1 Å². The van der Waals surface area contributed by atoms with E-state index in [2.05, 4.69) is 20.3 Å². The number of hydrogen-bond donors (Lipinski definition) is 3. The highest BCUT2D eigenvalue weighted by Crippen LogP contribution is 2.36. The fourth-order valence-corrected chi connectivity index (χ4v) is 5.87. The lowest BCUT2D eigenvalue weighted by Crippen LogP contribution is -2.32. The maximum atomic E-state index is 12.8. The molecule has 35 heavy (non-hydrogen) atoms. The van der Waals surface area contributed by atoms with Crippen molar-refractivity contribution in [2.24, 2.45) is 11.8 Å². The van der Waals surface area contributed by atoms with Crippen LogP contribution in [0.4, 0.5) is 11.5 Å². The molecule has 0 unspecified atom stereocenters. The number of ether oxygens (including phenoxy) is 1. The van der Waals surface area contributed by atoms with Crippen LogP contribution in [0.3, 0.4) is 0 Å². The van der Waals surface area contributed by atoms with Gasteiger partial charge in [0, 0.05) is 59.8 Å². The molecule has 1 aromatic carbocycles. The van der Waals surface area contributed by atoms with Crippen LogP contribution >= 0.6 is 23.2 Å². The topological polar surface area (TPSA) is 109 Å². The van der Waals surface area contributed by atoms with E-state index < -0.39 is 10.0 Å². The van der Waals surface area contributed by atoms with E-state index >= 15 is 0 Å². The SMILES string of the molecule is CS(=O)(=O)N[C@@H]1CC[C@H](C(=O)Nc2cc(-c3cc(NCC4CCOCC4)ccc3Cl)c(Cl)cn2)C1. The Morgan fingerprint density at radius 3 is 2.57 bits per heavy atom. The van der Waals surface area contributed by atoms with E-state index in [1.807, 2.05) is 18.2 Å². The van der Waals surface area contributed by atoms with Gasteiger partial charge in [0.25, 0.3) is 0 Å². The Hall–Kier alpha value is -1.91. The monoisotopic (exact) mass is 540 g/mol. The number of carbonyl (C=O) groups is 1. The van der Waals surface area contributed by atoms with Crippen molar-refractivity contribution in [1.29, 1.82) is 0 Å². The van der Waals surface area contributed by atoms with Crippen molar-refractivity contribution < 1.29 is 17.9 Å². The zero-order chi connectivity index (χ0) is 25.0. The van der Waals surface area contributed by atoms with Gasteiger partial charge < -0.3 is 15.4 Å². The summed E-state index contributed by atoms with van der Waals surface area (Å²) in [4.78, 5) is 17.1. The first-order chi connectivity index (χ1) is 16.7. The number of nitrogens with zero attached hydrogens (tertiary/aromatic N) is 1. The molecule has 1 saturated heterocycles.